The molecule has 0 amide bonds. The quantitative estimate of drug-likeness (QED) is 0.743. The van der Waals surface area contributed by atoms with E-state index < -0.39 is 0 Å². The average Bonchev–Trinajstić information content (AvgIpc) is 2.29. The van der Waals surface area contributed by atoms with Crippen LogP contribution in [0.4, 0.5) is 0 Å². The number of nitrogens with zero attached hydrogens (tertiary/aromatic N) is 1. The van der Waals surface area contributed by atoms with Crippen molar-refractivity contribution in [1.29, 1.82) is 0 Å². The summed E-state index contributed by atoms with van der Waals surface area (Å²) in [6, 6.07) is 0. The van der Waals surface area contributed by atoms with Crippen molar-refractivity contribution in [2.45, 2.75) is 30.4 Å². The molecule has 0 aliphatic rings. The first-order valence-corrected chi connectivity index (χ1v) is 5.56. The minimum Gasteiger partial charge on any atom is -0.273 e. The molecule has 68 valence electrons. The first-order valence-electron chi connectivity index (χ1n) is 3.48. The molecular weight excluding hydrogens is 212 g/mol. The highest BCUT2D eigenvalue weighted by Gasteiger charge is 2.20. The van der Waals surface area contributed by atoms with Crippen LogP contribution in [0.25, 0.3) is 0 Å². The summed E-state index contributed by atoms with van der Waals surface area (Å²) in [5.74, 6) is 0. The zero-order chi connectivity index (χ0) is 9.35. The molecule has 0 bridgehead atoms. The molecule has 1 rings (SSSR count). The van der Waals surface area contributed by atoms with E-state index in [9.17, 15) is 0 Å². The number of nitrogens with two attached hydrogens (primary N) is 1. The standard InChI is InChI=1S/C7H11ClN2S2/c1-7(2,3)6-10-4(8)5(11-6)12-9/h9H2,1-3H3. The molecule has 0 atom stereocenters. The van der Waals surface area contributed by atoms with E-state index >= 15 is 0 Å². The van der Waals surface area contributed by atoms with Gasteiger partial charge in [0.2, 0.25) is 0 Å². The molecular formula is C7H11ClN2S2. The molecule has 1 aromatic heterocycles. The maximum absolute atomic E-state index is 5.85. The Balaban J connectivity index is 3.05. The van der Waals surface area contributed by atoms with E-state index in [4.69, 9.17) is 16.7 Å². The van der Waals surface area contributed by atoms with Gasteiger partial charge in [-0.3, -0.25) is 5.14 Å². The fourth-order valence-corrected chi connectivity index (χ4v) is 2.39. The molecule has 0 spiro atoms. The van der Waals surface area contributed by atoms with Gasteiger partial charge in [0.25, 0.3) is 0 Å². The van der Waals surface area contributed by atoms with Gasteiger partial charge in [-0.05, 0) is 11.9 Å². The van der Waals surface area contributed by atoms with Gasteiger partial charge in [0.15, 0.2) is 5.15 Å². The van der Waals surface area contributed by atoms with Crippen molar-refractivity contribution in [3.8, 4) is 0 Å². The molecule has 0 radical (unpaired) electrons. The van der Waals surface area contributed by atoms with E-state index in [1.807, 2.05) is 0 Å². The van der Waals surface area contributed by atoms with Gasteiger partial charge in [0.05, 0.1) is 0 Å². The summed E-state index contributed by atoms with van der Waals surface area (Å²) in [5.41, 5.74) is 0.0578. The molecule has 0 saturated carbocycles. The molecule has 5 heteroatoms. The van der Waals surface area contributed by atoms with Crippen LogP contribution >= 0.6 is 34.9 Å². The van der Waals surface area contributed by atoms with E-state index in [2.05, 4.69) is 25.8 Å². The summed E-state index contributed by atoms with van der Waals surface area (Å²) < 4.78 is 0.890. The number of aromatic nitrogens is 1. The SMILES string of the molecule is CC(C)(C)c1nc(Cl)c(SN)s1. The molecule has 0 unspecified atom stereocenters. The maximum Gasteiger partial charge on any atom is 0.155 e. The van der Waals surface area contributed by atoms with Crippen molar-refractivity contribution < 1.29 is 0 Å². The van der Waals surface area contributed by atoms with Crippen molar-refractivity contribution in [1.82, 2.24) is 4.98 Å². The molecule has 1 heterocycles. The van der Waals surface area contributed by atoms with Gasteiger partial charge in [0, 0.05) is 5.41 Å². The molecule has 0 aliphatic heterocycles. The van der Waals surface area contributed by atoms with Crippen molar-refractivity contribution in [2.24, 2.45) is 5.14 Å². The summed E-state index contributed by atoms with van der Waals surface area (Å²) in [5, 5.41) is 6.96. The van der Waals surface area contributed by atoms with Crippen molar-refractivity contribution in [2.75, 3.05) is 0 Å². The summed E-state index contributed by atoms with van der Waals surface area (Å²) in [4.78, 5) is 4.24. The monoisotopic (exact) mass is 222 g/mol. The number of thiazole rings is 1. The van der Waals surface area contributed by atoms with E-state index in [0.717, 1.165) is 21.2 Å². The van der Waals surface area contributed by atoms with Crippen LogP contribution < -0.4 is 5.14 Å². The van der Waals surface area contributed by atoms with E-state index in [0.29, 0.717) is 5.15 Å². The van der Waals surface area contributed by atoms with Crippen LogP contribution in [0.2, 0.25) is 5.15 Å². The Morgan fingerprint density at radius 3 is 2.33 bits per heavy atom. The van der Waals surface area contributed by atoms with Gasteiger partial charge in [-0.1, -0.05) is 32.4 Å². The summed E-state index contributed by atoms with van der Waals surface area (Å²) >= 11 is 8.57. The van der Waals surface area contributed by atoms with Crippen molar-refractivity contribution in [3.05, 3.63) is 10.2 Å². The van der Waals surface area contributed by atoms with Gasteiger partial charge in [-0.15, -0.1) is 11.3 Å². The van der Waals surface area contributed by atoms with Crippen LogP contribution in [0.15, 0.2) is 4.21 Å². The number of rotatable bonds is 1. The van der Waals surface area contributed by atoms with E-state index in [1.54, 1.807) is 11.3 Å². The third-order valence-corrected chi connectivity index (χ3v) is 4.03. The highest BCUT2D eigenvalue weighted by Crippen LogP contribution is 2.35. The zero-order valence-electron chi connectivity index (χ0n) is 7.22. The molecule has 1 aromatic rings. The smallest absolute Gasteiger partial charge is 0.155 e. The predicted molar refractivity (Wildman–Crippen MR) is 55.9 cm³/mol. The molecule has 0 fully saturated rings. The Morgan fingerprint density at radius 2 is 2.08 bits per heavy atom. The molecule has 2 nitrogen and oxygen atoms in total. The molecule has 2 N–H and O–H groups in total. The van der Waals surface area contributed by atoms with Gasteiger partial charge in [-0.25, -0.2) is 4.98 Å². The van der Waals surface area contributed by atoms with Crippen molar-refractivity contribution in [3.63, 3.8) is 0 Å². The Bertz CT molecular complexity index is 277. The van der Waals surface area contributed by atoms with E-state index in [1.165, 1.54) is 0 Å². The third kappa shape index (κ3) is 2.13. The van der Waals surface area contributed by atoms with Crippen LogP contribution in [0.5, 0.6) is 0 Å². The molecule has 12 heavy (non-hydrogen) atoms. The molecule has 0 aromatic carbocycles. The largest absolute Gasteiger partial charge is 0.273 e. The number of hydrogen-bond acceptors (Lipinski definition) is 4. The summed E-state index contributed by atoms with van der Waals surface area (Å²) in [7, 11) is 0. The lowest BCUT2D eigenvalue weighted by Gasteiger charge is -2.13. The van der Waals surface area contributed by atoms with Crippen LogP contribution in [0, 0.1) is 0 Å². The van der Waals surface area contributed by atoms with Gasteiger partial charge < -0.3 is 0 Å². The highest BCUT2D eigenvalue weighted by molar-refractivity contribution is 7.99. The van der Waals surface area contributed by atoms with E-state index in [-0.39, 0.29) is 5.41 Å². The van der Waals surface area contributed by atoms with Gasteiger partial charge in [0.1, 0.15) is 9.22 Å². The van der Waals surface area contributed by atoms with Crippen LogP contribution in [0.1, 0.15) is 25.8 Å². The summed E-state index contributed by atoms with van der Waals surface area (Å²) in [6.45, 7) is 6.31. The molecule has 0 aliphatic carbocycles. The highest BCUT2D eigenvalue weighted by atomic mass is 35.5. The lowest BCUT2D eigenvalue weighted by Crippen LogP contribution is -2.09. The van der Waals surface area contributed by atoms with Crippen LogP contribution in [-0.4, -0.2) is 4.98 Å². The first-order chi connectivity index (χ1) is 5.45. The minimum absolute atomic E-state index is 0.0578. The van der Waals surface area contributed by atoms with Crippen molar-refractivity contribution >= 4 is 34.9 Å². The number of halogens is 1. The topological polar surface area (TPSA) is 38.9 Å². The number of hydrogen-bond donors (Lipinski definition) is 1. The lowest BCUT2D eigenvalue weighted by molar-refractivity contribution is 0.585. The van der Waals surface area contributed by atoms with Gasteiger partial charge in [-0.2, -0.15) is 0 Å². The second kappa shape index (κ2) is 3.54. The Hall–Kier alpha value is 0.230. The second-order valence-electron chi connectivity index (χ2n) is 3.47. The van der Waals surface area contributed by atoms with Gasteiger partial charge >= 0.3 is 0 Å². The minimum atomic E-state index is 0.0578. The fraction of sp³-hybridized carbons (Fsp3) is 0.571. The Kier molecular flexibility index (Phi) is 3.04. The predicted octanol–water partition coefficient (Wildman–Crippen LogP) is 3.06. The summed E-state index contributed by atoms with van der Waals surface area (Å²) in [6.07, 6.45) is 0. The first kappa shape index (κ1) is 10.3. The normalized spacial score (nSPS) is 12.1. The average molecular weight is 223 g/mol. The van der Waals surface area contributed by atoms with Crippen LogP contribution in [-0.2, 0) is 5.41 Å². The third-order valence-electron chi connectivity index (χ3n) is 1.31. The maximum atomic E-state index is 5.85. The Labute approximate surface area is 85.7 Å². The lowest BCUT2D eigenvalue weighted by atomic mass is 9.98. The fourth-order valence-electron chi connectivity index (χ4n) is 0.681. The zero-order valence-corrected chi connectivity index (χ0v) is 9.61. The Morgan fingerprint density at radius 1 is 1.50 bits per heavy atom. The molecule has 0 saturated heterocycles. The van der Waals surface area contributed by atoms with Crippen LogP contribution in [0.3, 0.4) is 0 Å². The second-order valence-corrected chi connectivity index (χ2v) is 5.72.